The van der Waals surface area contributed by atoms with Crippen LogP contribution in [0.3, 0.4) is 0 Å². The Kier molecular flexibility index (Phi) is 8.55. The second-order valence-electron chi connectivity index (χ2n) is 6.87. The van der Waals surface area contributed by atoms with Gasteiger partial charge in [-0.25, -0.2) is 0 Å². The fourth-order valence-electron chi connectivity index (χ4n) is 1.66. The number of carbonyl (C=O) groups is 2. The summed E-state index contributed by atoms with van der Waals surface area (Å²) >= 11 is 0. The zero-order valence-electron chi connectivity index (χ0n) is 14.1. The summed E-state index contributed by atoms with van der Waals surface area (Å²) in [4.78, 5) is 21.8. The summed E-state index contributed by atoms with van der Waals surface area (Å²) in [5.74, 6) is -1.17. The Morgan fingerprint density at radius 3 is 2.24 bits per heavy atom. The summed E-state index contributed by atoms with van der Waals surface area (Å²) in [6.45, 7) is 11.9. The smallest absolute Gasteiger partial charge is 0.303 e. The van der Waals surface area contributed by atoms with Gasteiger partial charge in [0.15, 0.2) is 0 Å². The molecule has 0 heterocycles. The Morgan fingerprint density at radius 2 is 1.71 bits per heavy atom. The van der Waals surface area contributed by atoms with Crippen molar-refractivity contribution in [2.24, 2.45) is 5.41 Å². The molecular formula is C16H31NO4. The molecule has 0 aliphatic heterocycles. The minimum absolute atomic E-state index is 0.0291. The number of nitrogens with one attached hydrogen (secondary N) is 1. The lowest BCUT2D eigenvalue weighted by Crippen LogP contribution is -2.33. The Balaban J connectivity index is 3.87. The Bertz CT molecular complexity index is 337. The molecule has 0 saturated heterocycles. The number of carbonyl (C=O) groups excluding carboxylic acids is 1. The van der Waals surface area contributed by atoms with Gasteiger partial charge >= 0.3 is 5.97 Å². The predicted octanol–water partition coefficient (Wildman–Crippen LogP) is 2.98. The third kappa shape index (κ3) is 11.3. The van der Waals surface area contributed by atoms with E-state index >= 15 is 0 Å². The Hall–Kier alpha value is -1.10. The molecule has 124 valence electrons. The van der Waals surface area contributed by atoms with Crippen LogP contribution in [0.4, 0.5) is 0 Å². The van der Waals surface area contributed by atoms with Gasteiger partial charge in [-0.1, -0.05) is 27.2 Å². The SMILES string of the molecule is CCC(C)(C)CCOC(C)(C)CCNC(=O)CCC(=O)O. The second kappa shape index (κ2) is 9.03. The highest BCUT2D eigenvalue weighted by Crippen LogP contribution is 2.25. The van der Waals surface area contributed by atoms with Crippen LogP contribution in [0.2, 0.25) is 0 Å². The molecule has 0 rings (SSSR count). The largest absolute Gasteiger partial charge is 0.481 e. The third-order valence-electron chi connectivity index (χ3n) is 3.84. The van der Waals surface area contributed by atoms with E-state index in [2.05, 4.69) is 26.1 Å². The van der Waals surface area contributed by atoms with Crippen molar-refractivity contribution in [3.63, 3.8) is 0 Å². The molecule has 0 aromatic carbocycles. The molecule has 21 heavy (non-hydrogen) atoms. The molecule has 0 radical (unpaired) electrons. The zero-order chi connectivity index (χ0) is 16.5. The minimum Gasteiger partial charge on any atom is -0.481 e. The van der Waals surface area contributed by atoms with Crippen LogP contribution < -0.4 is 5.32 Å². The quantitative estimate of drug-likeness (QED) is 0.615. The molecule has 0 saturated carbocycles. The van der Waals surface area contributed by atoms with Gasteiger partial charge in [0.05, 0.1) is 12.0 Å². The molecule has 0 aliphatic rings. The van der Waals surface area contributed by atoms with Crippen molar-refractivity contribution in [2.45, 2.75) is 72.3 Å². The van der Waals surface area contributed by atoms with Crippen molar-refractivity contribution >= 4 is 11.9 Å². The van der Waals surface area contributed by atoms with E-state index in [0.717, 1.165) is 12.8 Å². The third-order valence-corrected chi connectivity index (χ3v) is 3.84. The molecule has 0 fully saturated rings. The normalized spacial score (nSPS) is 12.2. The van der Waals surface area contributed by atoms with E-state index < -0.39 is 5.97 Å². The molecule has 5 heteroatoms. The maximum absolute atomic E-state index is 11.4. The van der Waals surface area contributed by atoms with Gasteiger partial charge in [0.1, 0.15) is 0 Å². The maximum atomic E-state index is 11.4. The van der Waals surface area contributed by atoms with Crippen molar-refractivity contribution in [3.8, 4) is 0 Å². The van der Waals surface area contributed by atoms with Crippen molar-refractivity contribution in [1.82, 2.24) is 5.32 Å². The van der Waals surface area contributed by atoms with Crippen molar-refractivity contribution in [2.75, 3.05) is 13.2 Å². The van der Waals surface area contributed by atoms with Crippen molar-refractivity contribution in [1.29, 1.82) is 0 Å². The molecule has 0 aliphatic carbocycles. The summed E-state index contributed by atoms with van der Waals surface area (Å²) in [6, 6.07) is 0. The van der Waals surface area contributed by atoms with Gasteiger partial charge in [0, 0.05) is 19.6 Å². The maximum Gasteiger partial charge on any atom is 0.303 e. The number of hydrogen-bond acceptors (Lipinski definition) is 3. The van der Waals surface area contributed by atoms with Gasteiger partial charge in [-0.15, -0.1) is 0 Å². The van der Waals surface area contributed by atoms with Gasteiger partial charge in [-0.2, -0.15) is 0 Å². The molecular weight excluding hydrogens is 270 g/mol. The number of amides is 1. The van der Waals surface area contributed by atoms with E-state index in [0.29, 0.717) is 25.0 Å². The lowest BCUT2D eigenvalue weighted by atomic mass is 9.87. The zero-order valence-corrected chi connectivity index (χ0v) is 14.1. The number of carboxylic acids is 1. The fraction of sp³-hybridized carbons (Fsp3) is 0.875. The van der Waals surface area contributed by atoms with Crippen LogP contribution in [-0.4, -0.2) is 35.7 Å². The van der Waals surface area contributed by atoms with E-state index in [9.17, 15) is 9.59 Å². The van der Waals surface area contributed by atoms with Crippen LogP contribution in [0.15, 0.2) is 0 Å². The number of carboxylic acid groups (broad SMARTS) is 1. The topological polar surface area (TPSA) is 75.6 Å². The summed E-state index contributed by atoms with van der Waals surface area (Å²) in [5.41, 5.74) is 0.00499. The fourth-order valence-corrected chi connectivity index (χ4v) is 1.66. The number of aliphatic carboxylic acids is 1. The molecule has 0 unspecified atom stereocenters. The van der Waals surface area contributed by atoms with Gasteiger partial charge in [0.2, 0.25) is 5.91 Å². The molecule has 0 aromatic heterocycles. The van der Waals surface area contributed by atoms with Crippen LogP contribution in [0.1, 0.15) is 66.7 Å². The summed E-state index contributed by atoms with van der Waals surface area (Å²) in [7, 11) is 0. The van der Waals surface area contributed by atoms with E-state index in [4.69, 9.17) is 9.84 Å². The molecule has 0 atom stereocenters. The van der Waals surface area contributed by atoms with Gasteiger partial charge < -0.3 is 15.2 Å². The summed E-state index contributed by atoms with van der Waals surface area (Å²) in [6.07, 6.45) is 2.74. The number of rotatable bonds is 11. The summed E-state index contributed by atoms with van der Waals surface area (Å²) in [5, 5.41) is 11.2. The standard InChI is InChI=1S/C16H31NO4/c1-6-15(2,3)10-12-21-16(4,5)9-11-17-13(18)7-8-14(19)20/h6-12H2,1-5H3,(H,17,18)(H,19,20). The first-order chi connectivity index (χ1) is 9.58. The average Bonchev–Trinajstić information content (AvgIpc) is 2.35. The summed E-state index contributed by atoms with van der Waals surface area (Å²) < 4.78 is 5.90. The van der Waals surface area contributed by atoms with Crippen LogP contribution in [-0.2, 0) is 14.3 Å². The minimum atomic E-state index is -0.952. The molecule has 0 aromatic rings. The average molecular weight is 301 g/mol. The predicted molar refractivity (Wildman–Crippen MR) is 83.2 cm³/mol. The lowest BCUT2D eigenvalue weighted by molar-refractivity contribution is -0.138. The van der Waals surface area contributed by atoms with E-state index in [1.54, 1.807) is 0 Å². The van der Waals surface area contributed by atoms with Crippen LogP contribution in [0.5, 0.6) is 0 Å². The van der Waals surface area contributed by atoms with E-state index in [-0.39, 0.29) is 24.3 Å². The molecule has 1 amide bonds. The highest BCUT2D eigenvalue weighted by molar-refractivity contribution is 5.80. The molecule has 2 N–H and O–H groups in total. The van der Waals surface area contributed by atoms with Gasteiger partial charge in [-0.3, -0.25) is 9.59 Å². The highest BCUT2D eigenvalue weighted by atomic mass is 16.5. The monoisotopic (exact) mass is 301 g/mol. The molecule has 0 spiro atoms. The molecule has 0 bridgehead atoms. The van der Waals surface area contributed by atoms with Crippen LogP contribution >= 0.6 is 0 Å². The van der Waals surface area contributed by atoms with Gasteiger partial charge in [-0.05, 0) is 32.1 Å². The highest BCUT2D eigenvalue weighted by Gasteiger charge is 2.21. The van der Waals surface area contributed by atoms with E-state index in [1.165, 1.54) is 0 Å². The number of ether oxygens (including phenoxy) is 1. The Labute approximate surface area is 128 Å². The first kappa shape index (κ1) is 19.9. The van der Waals surface area contributed by atoms with Crippen molar-refractivity contribution in [3.05, 3.63) is 0 Å². The Morgan fingerprint density at radius 1 is 1.10 bits per heavy atom. The second-order valence-corrected chi connectivity index (χ2v) is 6.87. The molecule has 5 nitrogen and oxygen atoms in total. The van der Waals surface area contributed by atoms with Crippen LogP contribution in [0.25, 0.3) is 0 Å². The number of hydrogen-bond donors (Lipinski definition) is 2. The van der Waals surface area contributed by atoms with Crippen LogP contribution in [0, 0.1) is 5.41 Å². The first-order valence-corrected chi connectivity index (χ1v) is 7.70. The van der Waals surface area contributed by atoms with Crippen molar-refractivity contribution < 1.29 is 19.4 Å². The lowest BCUT2D eigenvalue weighted by Gasteiger charge is -2.29. The first-order valence-electron chi connectivity index (χ1n) is 7.70. The van der Waals surface area contributed by atoms with E-state index in [1.807, 2.05) is 13.8 Å². The van der Waals surface area contributed by atoms with Gasteiger partial charge in [0.25, 0.3) is 0 Å².